The Labute approximate surface area is 174 Å². The molecule has 30 heavy (non-hydrogen) atoms. The fourth-order valence-electron chi connectivity index (χ4n) is 3.34. The maximum Gasteiger partial charge on any atom is 0.337 e. The van der Waals surface area contributed by atoms with Crippen molar-refractivity contribution in [3.05, 3.63) is 87.8 Å². The van der Waals surface area contributed by atoms with Crippen molar-refractivity contribution in [2.75, 3.05) is 20.3 Å². The summed E-state index contributed by atoms with van der Waals surface area (Å²) in [6.07, 6.45) is 2.83. The van der Waals surface area contributed by atoms with E-state index in [2.05, 4.69) is 13.2 Å². The molecule has 1 aromatic carbocycles. The highest BCUT2D eigenvalue weighted by atomic mass is 16.6. The van der Waals surface area contributed by atoms with Crippen LogP contribution in [0.4, 0.5) is 5.69 Å². The summed E-state index contributed by atoms with van der Waals surface area (Å²) in [7, 11) is 1.70. The maximum absolute atomic E-state index is 13.0. The van der Waals surface area contributed by atoms with Crippen LogP contribution < -0.4 is 0 Å². The number of hydrogen-bond acceptors (Lipinski definition) is 7. The second-order valence-corrected chi connectivity index (χ2v) is 6.58. The van der Waals surface area contributed by atoms with Gasteiger partial charge in [-0.15, -0.1) is 0 Å². The van der Waals surface area contributed by atoms with E-state index >= 15 is 0 Å². The average molecular weight is 412 g/mol. The molecule has 158 valence electrons. The molecule has 0 atom stereocenters. The Morgan fingerprint density at radius 3 is 1.97 bits per heavy atom. The van der Waals surface area contributed by atoms with Crippen molar-refractivity contribution >= 4 is 17.6 Å². The Balaban J connectivity index is 2.78. The van der Waals surface area contributed by atoms with E-state index in [-0.39, 0.29) is 35.6 Å². The van der Waals surface area contributed by atoms with Crippen molar-refractivity contribution in [2.24, 2.45) is 0 Å². The minimum absolute atomic E-state index is 0.0398. The lowest BCUT2D eigenvalue weighted by Gasteiger charge is -2.35. The average Bonchev–Trinajstić information content (AvgIpc) is 2.73. The zero-order chi connectivity index (χ0) is 22.4. The molecule has 1 aliphatic heterocycles. The molecule has 1 aromatic rings. The number of rotatable bonds is 8. The molecule has 0 radical (unpaired) electrons. The summed E-state index contributed by atoms with van der Waals surface area (Å²) in [4.78, 5) is 38.7. The van der Waals surface area contributed by atoms with E-state index in [1.165, 1.54) is 30.4 Å². The van der Waals surface area contributed by atoms with Crippen LogP contribution >= 0.6 is 0 Å². The Morgan fingerprint density at radius 1 is 1.07 bits per heavy atom. The first-order valence-corrected chi connectivity index (χ1v) is 9.20. The highest BCUT2D eigenvalue weighted by Gasteiger charge is 2.42. The molecule has 1 aliphatic rings. The Kier molecular flexibility index (Phi) is 7.30. The predicted molar refractivity (Wildman–Crippen MR) is 111 cm³/mol. The molecule has 0 N–H and O–H groups in total. The third-order valence-corrected chi connectivity index (χ3v) is 4.91. The molecule has 8 heteroatoms. The zero-order valence-corrected chi connectivity index (χ0v) is 17.2. The van der Waals surface area contributed by atoms with Gasteiger partial charge >= 0.3 is 11.9 Å². The van der Waals surface area contributed by atoms with Gasteiger partial charge in [-0.2, -0.15) is 0 Å². The molecule has 0 spiro atoms. The molecule has 0 saturated carbocycles. The summed E-state index contributed by atoms with van der Waals surface area (Å²) in [6.45, 7) is 10.4. The molecule has 0 aliphatic carbocycles. The largest absolute Gasteiger partial charge is 0.458 e. The topological polar surface area (TPSA) is 99.0 Å². The number of nitro benzene ring substituents is 1. The highest BCUT2D eigenvalue weighted by Crippen LogP contribution is 2.44. The van der Waals surface area contributed by atoms with Gasteiger partial charge in [0.15, 0.2) is 0 Å². The van der Waals surface area contributed by atoms with Gasteiger partial charge in [-0.1, -0.05) is 43.5 Å². The summed E-state index contributed by atoms with van der Waals surface area (Å²) in [5, 5.41) is 11.7. The molecule has 1 heterocycles. The van der Waals surface area contributed by atoms with E-state index in [1.807, 2.05) is 0 Å². The molecule has 0 amide bonds. The number of esters is 2. The first kappa shape index (κ1) is 22.6. The van der Waals surface area contributed by atoms with Gasteiger partial charge in [0.2, 0.25) is 0 Å². The van der Waals surface area contributed by atoms with Crippen molar-refractivity contribution in [1.82, 2.24) is 4.90 Å². The lowest BCUT2D eigenvalue weighted by atomic mass is 9.79. The van der Waals surface area contributed by atoms with Crippen molar-refractivity contribution < 1.29 is 24.0 Å². The van der Waals surface area contributed by atoms with E-state index in [9.17, 15) is 19.7 Å². The van der Waals surface area contributed by atoms with Crippen molar-refractivity contribution in [3.8, 4) is 0 Å². The van der Waals surface area contributed by atoms with Crippen LogP contribution in [0.5, 0.6) is 0 Å². The quantitative estimate of drug-likeness (QED) is 0.278. The first-order valence-electron chi connectivity index (χ1n) is 9.20. The number of benzene rings is 1. The number of para-hydroxylation sites is 1. The minimum atomic E-state index is -1.03. The van der Waals surface area contributed by atoms with Crippen molar-refractivity contribution in [3.63, 3.8) is 0 Å². The predicted octanol–water partition coefficient (Wildman–Crippen LogP) is 3.63. The van der Waals surface area contributed by atoms with Crippen LogP contribution in [0.25, 0.3) is 0 Å². The summed E-state index contributed by atoms with van der Waals surface area (Å²) in [5.41, 5.74) is 1.28. The van der Waals surface area contributed by atoms with E-state index in [4.69, 9.17) is 9.47 Å². The fraction of sp³-hybridized carbons (Fsp3) is 0.273. The summed E-state index contributed by atoms with van der Waals surface area (Å²) in [5.74, 6) is -2.41. The van der Waals surface area contributed by atoms with Crippen LogP contribution in [0.3, 0.4) is 0 Å². The third kappa shape index (κ3) is 4.32. The molecule has 0 fully saturated rings. The molecule has 8 nitrogen and oxygen atoms in total. The number of carbonyl (C=O) groups is 2. The van der Waals surface area contributed by atoms with Crippen molar-refractivity contribution in [1.29, 1.82) is 0 Å². The number of nitrogens with zero attached hydrogens (tertiary/aromatic N) is 2. The van der Waals surface area contributed by atoms with Crippen LogP contribution in [0.1, 0.15) is 25.3 Å². The highest BCUT2D eigenvalue weighted by molar-refractivity contribution is 6.00. The van der Waals surface area contributed by atoms with Gasteiger partial charge in [0.05, 0.1) is 22.0 Å². The number of hydrogen-bond donors (Lipinski definition) is 0. The Hall–Kier alpha value is -3.68. The molecule has 2 rings (SSSR count). The number of allylic oxidation sites excluding steroid dienone is 2. The molecule has 0 aromatic heterocycles. The molecular formula is C22H24N2O6. The SMILES string of the molecule is C=CCOC(=O)C1=C(C)N(C)C(C)=C(C(=O)OCC=C)C1c1ccccc1[N+](=O)[O-]. The molecule has 0 saturated heterocycles. The summed E-state index contributed by atoms with van der Waals surface area (Å²) >= 11 is 0. The van der Waals surface area contributed by atoms with E-state index in [0.29, 0.717) is 11.4 Å². The lowest BCUT2D eigenvalue weighted by Crippen LogP contribution is -2.34. The second kappa shape index (κ2) is 9.69. The van der Waals surface area contributed by atoms with E-state index in [1.54, 1.807) is 31.9 Å². The normalized spacial score (nSPS) is 14.4. The third-order valence-electron chi connectivity index (χ3n) is 4.91. The molecular weight excluding hydrogens is 388 g/mol. The minimum Gasteiger partial charge on any atom is -0.458 e. The van der Waals surface area contributed by atoms with Gasteiger partial charge in [-0.05, 0) is 13.8 Å². The van der Waals surface area contributed by atoms with Gasteiger partial charge in [-0.25, -0.2) is 9.59 Å². The van der Waals surface area contributed by atoms with Crippen LogP contribution in [0.2, 0.25) is 0 Å². The van der Waals surface area contributed by atoms with E-state index in [0.717, 1.165) is 0 Å². The van der Waals surface area contributed by atoms with E-state index < -0.39 is 22.8 Å². The number of carbonyl (C=O) groups excluding carboxylic acids is 2. The van der Waals surface area contributed by atoms with Crippen LogP contribution in [-0.4, -0.2) is 42.0 Å². The van der Waals surface area contributed by atoms with Crippen LogP contribution in [0, 0.1) is 10.1 Å². The van der Waals surface area contributed by atoms with Gasteiger partial charge in [0.25, 0.3) is 5.69 Å². The van der Waals surface area contributed by atoms with Gasteiger partial charge < -0.3 is 14.4 Å². The fourth-order valence-corrected chi connectivity index (χ4v) is 3.34. The zero-order valence-electron chi connectivity index (χ0n) is 17.2. The number of ether oxygens (including phenoxy) is 2. The van der Waals surface area contributed by atoms with Gasteiger partial charge in [0, 0.05) is 30.1 Å². The lowest BCUT2D eigenvalue weighted by molar-refractivity contribution is -0.385. The molecule has 0 unspecified atom stereocenters. The smallest absolute Gasteiger partial charge is 0.337 e. The maximum atomic E-state index is 13.0. The standard InChI is InChI=1S/C22H24N2O6/c1-6-12-29-21(25)18-14(3)23(5)15(4)19(22(26)30-13-7-2)20(18)16-10-8-9-11-17(16)24(27)28/h6-11,20H,1-2,12-13H2,3-5H3. The summed E-state index contributed by atoms with van der Waals surface area (Å²) < 4.78 is 10.5. The number of nitro groups is 1. The summed E-state index contributed by atoms with van der Waals surface area (Å²) in [6, 6.07) is 5.99. The first-order chi connectivity index (χ1) is 14.3. The van der Waals surface area contributed by atoms with Crippen molar-refractivity contribution in [2.45, 2.75) is 19.8 Å². The monoisotopic (exact) mass is 412 g/mol. The molecule has 0 bridgehead atoms. The Bertz CT molecular complexity index is 912. The van der Waals surface area contributed by atoms with Gasteiger partial charge in [-0.3, -0.25) is 10.1 Å². The van der Waals surface area contributed by atoms with Crippen LogP contribution in [0.15, 0.2) is 72.1 Å². The van der Waals surface area contributed by atoms with Gasteiger partial charge in [0.1, 0.15) is 13.2 Å². The van der Waals surface area contributed by atoms with Crippen LogP contribution in [-0.2, 0) is 19.1 Å². The Morgan fingerprint density at radius 2 is 1.53 bits per heavy atom. The second-order valence-electron chi connectivity index (χ2n) is 6.58.